The van der Waals surface area contributed by atoms with Gasteiger partial charge in [0.1, 0.15) is 6.61 Å². The molecule has 7 heteroatoms. The molecule has 0 aliphatic heterocycles. The van der Waals surface area contributed by atoms with Gasteiger partial charge in [0.2, 0.25) is 5.91 Å². The van der Waals surface area contributed by atoms with E-state index in [2.05, 4.69) is 34.9 Å². The molecule has 0 bridgehead atoms. The fraction of sp³-hybridized carbons (Fsp3) is 0.444. The van der Waals surface area contributed by atoms with Crippen LogP contribution >= 0.6 is 0 Å². The average molecular weight is 465 g/mol. The topological polar surface area (TPSA) is 105 Å². The van der Waals surface area contributed by atoms with Gasteiger partial charge in [-0.25, -0.2) is 4.79 Å². The molecule has 180 valence electrons. The second-order valence-electron chi connectivity index (χ2n) is 9.48. The summed E-state index contributed by atoms with van der Waals surface area (Å²) in [7, 11) is 0. The van der Waals surface area contributed by atoms with E-state index in [1.807, 2.05) is 24.3 Å². The van der Waals surface area contributed by atoms with Crippen molar-refractivity contribution in [2.45, 2.75) is 51.0 Å². The van der Waals surface area contributed by atoms with Crippen LogP contribution in [0.25, 0.3) is 11.1 Å². The summed E-state index contributed by atoms with van der Waals surface area (Å²) in [4.78, 5) is 35.9. The third-order valence-corrected chi connectivity index (χ3v) is 6.86. The Balaban J connectivity index is 1.27. The molecule has 4 rings (SSSR count). The first-order valence-electron chi connectivity index (χ1n) is 12.0. The van der Waals surface area contributed by atoms with Crippen LogP contribution in [0.4, 0.5) is 4.79 Å². The van der Waals surface area contributed by atoms with Gasteiger partial charge in [-0.2, -0.15) is 0 Å². The summed E-state index contributed by atoms with van der Waals surface area (Å²) in [5.74, 6) is -1.25. The number of aliphatic carboxylic acids is 1. The van der Waals surface area contributed by atoms with Gasteiger partial charge in [-0.1, -0.05) is 61.9 Å². The predicted octanol–water partition coefficient (Wildman–Crippen LogP) is 4.31. The SMILES string of the molecule is CC(CNC(=O)[C@H]1CCC[C@@H](NC(=O)OCC2c3ccccc3-c3ccccc32)C1)CC(=O)O. The molecule has 34 heavy (non-hydrogen) atoms. The van der Waals surface area contributed by atoms with E-state index in [1.165, 1.54) is 22.3 Å². The van der Waals surface area contributed by atoms with Gasteiger partial charge in [0.15, 0.2) is 0 Å². The molecule has 3 N–H and O–H groups in total. The number of fused-ring (bicyclic) bond motifs is 3. The molecule has 1 unspecified atom stereocenters. The second kappa shape index (κ2) is 10.7. The Kier molecular flexibility index (Phi) is 7.50. The number of hydrogen-bond donors (Lipinski definition) is 3. The van der Waals surface area contributed by atoms with Crippen molar-refractivity contribution in [2.24, 2.45) is 11.8 Å². The Labute approximate surface area is 199 Å². The van der Waals surface area contributed by atoms with Crippen LogP contribution in [-0.2, 0) is 14.3 Å². The molecule has 2 aliphatic carbocycles. The van der Waals surface area contributed by atoms with Gasteiger partial charge in [-0.05, 0) is 47.4 Å². The van der Waals surface area contributed by atoms with Gasteiger partial charge in [-0.3, -0.25) is 9.59 Å². The molecule has 0 aromatic heterocycles. The third kappa shape index (κ3) is 5.58. The maximum Gasteiger partial charge on any atom is 0.407 e. The number of carbonyl (C=O) groups excluding carboxylic acids is 2. The smallest absolute Gasteiger partial charge is 0.407 e. The summed E-state index contributed by atoms with van der Waals surface area (Å²) in [6.07, 6.45) is 2.55. The van der Waals surface area contributed by atoms with Crippen LogP contribution in [0.2, 0.25) is 0 Å². The molecule has 1 saturated carbocycles. The number of carboxylic acid groups (broad SMARTS) is 1. The number of alkyl carbamates (subject to hydrolysis) is 1. The highest BCUT2D eigenvalue weighted by atomic mass is 16.5. The summed E-state index contributed by atoms with van der Waals surface area (Å²) in [5.41, 5.74) is 4.71. The number of benzene rings is 2. The van der Waals surface area contributed by atoms with Gasteiger partial charge in [0, 0.05) is 30.8 Å². The summed E-state index contributed by atoms with van der Waals surface area (Å²) in [6, 6.07) is 16.3. The normalized spacial score (nSPS) is 20.0. The third-order valence-electron chi connectivity index (χ3n) is 6.86. The van der Waals surface area contributed by atoms with Crippen LogP contribution < -0.4 is 10.6 Å². The van der Waals surface area contributed by atoms with Crippen molar-refractivity contribution in [3.8, 4) is 11.1 Å². The largest absolute Gasteiger partial charge is 0.481 e. The molecule has 2 aromatic rings. The summed E-state index contributed by atoms with van der Waals surface area (Å²) >= 11 is 0. The van der Waals surface area contributed by atoms with E-state index in [0.29, 0.717) is 13.0 Å². The fourth-order valence-corrected chi connectivity index (χ4v) is 5.16. The molecule has 0 radical (unpaired) electrons. The van der Waals surface area contributed by atoms with Crippen LogP contribution in [0.15, 0.2) is 48.5 Å². The predicted molar refractivity (Wildman–Crippen MR) is 128 cm³/mol. The van der Waals surface area contributed by atoms with Crippen molar-refractivity contribution >= 4 is 18.0 Å². The van der Waals surface area contributed by atoms with Gasteiger partial charge < -0.3 is 20.5 Å². The van der Waals surface area contributed by atoms with Crippen LogP contribution in [0, 0.1) is 11.8 Å². The molecule has 7 nitrogen and oxygen atoms in total. The lowest BCUT2D eigenvalue weighted by molar-refractivity contribution is -0.138. The minimum Gasteiger partial charge on any atom is -0.481 e. The molecule has 3 atom stereocenters. The highest BCUT2D eigenvalue weighted by Gasteiger charge is 2.31. The first-order valence-corrected chi connectivity index (χ1v) is 12.0. The first-order chi connectivity index (χ1) is 16.4. The average Bonchev–Trinajstić information content (AvgIpc) is 3.15. The molecule has 1 fully saturated rings. The molecule has 2 aliphatic rings. The quantitative estimate of drug-likeness (QED) is 0.540. The Morgan fingerprint density at radius 1 is 1.03 bits per heavy atom. The monoisotopic (exact) mass is 464 g/mol. The second-order valence-corrected chi connectivity index (χ2v) is 9.48. The van der Waals surface area contributed by atoms with Crippen molar-refractivity contribution < 1.29 is 24.2 Å². The van der Waals surface area contributed by atoms with Crippen molar-refractivity contribution in [3.63, 3.8) is 0 Å². The van der Waals surface area contributed by atoms with Gasteiger partial charge in [0.05, 0.1) is 0 Å². The Morgan fingerprint density at radius 2 is 1.68 bits per heavy atom. The maximum atomic E-state index is 12.6. The zero-order chi connectivity index (χ0) is 24.1. The molecule has 0 spiro atoms. The lowest BCUT2D eigenvalue weighted by atomic mass is 9.85. The van der Waals surface area contributed by atoms with Crippen LogP contribution in [0.1, 0.15) is 56.1 Å². The molecule has 2 amide bonds. The van der Waals surface area contributed by atoms with Crippen molar-refractivity contribution in [1.29, 1.82) is 0 Å². The maximum absolute atomic E-state index is 12.6. The van der Waals surface area contributed by atoms with Crippen LogP contribution in [0.3, 0.4) is 0 Å². The minimum absolute atomic E-state index is 0.0100. The highest BCUT2D eigenvalue weighted by molar-refractivity contribution is 5.80. The Bertz CT molecular complexity index is 1010. The standard InChI is InChI=1S/C27H32N2O5/c1-17(13-25(30)31)15-28-26(32)18-7-6-8-19(14-18)29-27(33)34-16-24-22-11-4-2-9-20(22)21-10-3-5-12-23(21)24/h2-5,9-12,17-19,24H,6-8,13-16H2,1H3,(H,28,32)(H,29,33)(H,30,31)/t17?,18-,19+/m0/s1. The van der Waals surface area contributed by atoms with E-state index in [-0.39, 0.29) is 42.7 Å². The van der Waals surface area contributed by atoms with Crippen LogP contribution in [0.5, 0.6) is 0 Å². The highest BCUT2D eigenvalue weighted by Crippen LogP contribution is 2.44. The van der Waals surface area contributed by atoms with E-state index in [4.69, 9.17) is 9.84 Å². The van der Waals surface area contributed by atoms with Gasteiger partial charge in [0.25, 0.3) is 0 Å². The number of nitrogens with one attached hydrogen (secondary N) is 2. The van der Waals surface area contributed by atoms with Crippen molar-refractivity contribution in [1.82, 2.24) is 10.6 Å². The summed E-state index contributed by atoms with van der Waals surface area (Å²) < 4.78 is 5.65. The summed E-state index contributed by atoms with van der Waals surface area (Å²) in [5, 5.41) is 14.7. The van der Waals surface area contributed by atoms with Crippen LogP contribution in [-0.4, -0.2) is 42.3 Å². The Morgan fingerprint density at radius 3 is 2.32 bits per heavy atom. The number of ether oxygens (including phenoxy) is 1. The lowest BCUT2D eigenvalue weighted by Crippen LogP contribution is -2.43. The van der Waals surface area contributed by atoms with E-state index < -0.39 is 12.1 Å². The molecule has 0 saturated heterocycles. The minimum atomic E-state index is -0.869. The summed E-state index contributed by atoms with van der Waals surface area (Å²) in [6.45, 7) is 2.40. The van der Waals surface area contributed by atoms with Gasteiger partial charge >= 0.3 is 12.1 Å². The molecular formula is C27H32N2O5. The van der Waals surface area contributed by atoms with E-state index >= 15 is 0 Å². The number of carbonyl (C=O) groups is 3. The number of hydrogen-bond acceptors (Lipinski definition) is 4. The first kappa shape index (κ1) is 23.8. The number of amides is 2. The number of rotatable bonds is 8. The zero-order valence-electron chi connectivity index (χ0n) is 19.5. The number of carboxylic acids is 1. The van der Waals surface area contributed by atoms with E-state index in [0.717, 1.165) is 19.3 Å². The lowest BCUT2D eigenvalue weighted by Gasteiger charge is -2.29. The van der Waals surface area contributed by atoms with E-state index in [9.17, 15) is 14.4 Å². The zero-order valence-corrected chi connectivity index (χ0v) is 19.5. The molecule has 0 heterocycles. The van der Waals surface area contributed by atoms with E-state index in [1.54, 1.807) is 6.92 Å². The molecule has 2 aromatic carbocycles. The molecular weight excluding hydrogens is 432 g/mol. The van der Waals surface area contributed by atoms with Gasteiger partial charge in [-0.15, -0.1) is 0 Å². The Hall–Kier alpha value is -3.35. The fourth-order valence-electron chi connectivity index (χ4n) is 5.16. The van der Waals surface area contributed by atoms with Crippen molar-refractivity contribution in [3.05, 3.63) is 59.7 Å². The van der Waals surface area contributed by atoms with Crippen molar-refractivity contribution in [2.75, 3.05) is 13.2 Å².